The standard InChI is InChI=1S/C12H15N/c13-9-3-5-11-8-7-10-4-1-2-6-12(10)11/h1-2,4,6,8H,3,5,7,9,13H2. The van der Waals surface area contributed by atoms with Gasteiger partial charge in [0.25, 0.3) is 0 Å². The second-order valence-electron chi connectivity index (χ2n) is 3.48. The zero-order valence-corrected chi connectivity index (χ0v) is 7.79. The summed E-state index contributed by atoms with van der Waals surface area (Å²) >= 11 is 0. The molecule has 0 saturated heterocycles. The number of nitrogens with two attached hydrogens (primary N) is 1. The molecular formula is C12H15N. The Labute approximate surface area is 79.3 Å². The lowest BCUT2D eigenvalue weighted by Crippen LogP contribution is -1.98. The molecule has 0 saturated carbocycles. The Morgan fingerprint density at radius 3 is 2.92 bits per heavy atom. The first kappa shape index (κ1) is 8.52. The van der Waals surface area contributed by atoms with Crippen molar-refractivity contribution in [2.75, 3.05) is 6.54 Å². The van der Waals surface area contributed by atoms with Crippen molar-refractivity contribution >= 4 is 5.57 Å². The number of hydrogen-bond donors (Lipinski definition) is 1. The van der Waals surface area contributed by atoms with Gasteiger partial charge in [0.2, 0.25) is 0 Å². The van der Waals surface area contributed by atoms with Gasteiger partial charge in [-0.3, -0.25) is 0 Å². The summed E-state index contributed by atoms with van der Waals surface area (Å²) in [5.74, 6) is 0. The van der Waals surface area contributed by atoms with E-state index in [0.29, 0.717) is 0 Å². The molecule has 0 aliphatic heterocycles. The second kappa shape index (κ2) is 3.75. The first-order valence-electron chi connectivity index (χ1n) is 4.89. The Bertz CT molecular complexity index is 326. The predicted molar refractivity (Wildman–Crippen MR) is 56.4 cm³/mol. The molecule has 2 rings (SSSR count). The SMILES string of the molecule is NCCCC1=CCc2ccccc21. The fourth-order valence-electron chi connectivity index (χ4n) is 1.88. The maximum atomic E-state index is 5.50. The Hall–Kier alpha value is -1.08. The summed E-state index contributed by atoms with van der Waals surface area (Å²) in [4.78, 5) is 0. The molecule has 1 nitrogen and oxygen atoms in total. The molecule has 0 amide bonds. The van der Waals surface area contributed by atoms with E-state index in [1.54, 1.807) is 0 Å². The minimum Gasteiger partial charge on any atom is -0.330 e. The van der Waals surface area contributed by atoms with Gasteiger partial charge in [0.1, 0.15) is 0 Å². The topological polar surface area (TPSA) is 26.0 Å². The third-order valence-electron chi connectivity index (χ3n) is 2.58. The van der Waals surface area contributed by atoms with Gasteiger partial charge in [-0.1, -0.05) is 30.3 Å². The normalized spacial score (nSPS) is 14.1. The minimum absolute atomic E-state index is 0.791. The molecule has 0 spiro atoms. The molecule has 0 fully saturated rings. The smallest absolute Gasteiger partial charge is 0.00741 e. The summed E-state index contributed by atoms with van der Waals surface area (Å²) in [5, 5.41) is 0. The van der Waals surface area contributed by atoms with Gasteiger partial charge in [0.15, 0.2) is 0 Å². The van der Waals surface area contributed by atoms with Crippen LogP contribution in [0.2, 0.25) is 0 Å². The zero-order chi connectivity index (χ0) is 9.10. The fraction of sp³-hybridized carbons (Fsp3) is 0.333. The lowest BCUT2D eigenvalue weighted by molar-refractivity contribution is 0.866. The van der Waals surface area contributed by atoms with Gasteiger partial charge < -0.3 is 5.73 Å². The Balaban J connectivity index is 2.16. The van der Waals surface area contributed by atoms with Gasteiger partial charge in [0.05, 0.1) is 0 Å². The first-order chi connectivity index (χ1) is 6.42. The van der Waals surface area contributed by atoms with Crippen LogP contribution in [0, 0.1) is 0 Å². The lowest BCUT2D eigenvalue weighted by atomic mass is 10.0. The molecule has 1 aliphatic rings. The van der Waals surface area contributed by atoms with Crippen LogP contribution in [0.4, 0.5) is 0 Å². The molecule has 2 N–H and O–H groups in total. The van der Waals surface area contributed by atoms with Crippen LogP contribution in [0.15, 0.2) is 30.3 Å². The van der Waals surface area contributed by atoms with Crippen LogP contribution in [-0.4, -0.2) is 6.54 Å². The van der Waals surface area contributed by atoms with Crippen LogP contribution in [0.5, 0.6) is 0 Å². The largest absolute Gasteiger partial charge is 0.330 e. The highest BCUT2D eigenvalue weighted by Crippen LogP contribution is 2.29. The van der Waals surface area contributed by atoms with Crippen LogP contribution >= 0.6 is 0 Å². The Morgan fingerprint density at radius 1 is 1.23 bits per heavy atom. The molecular weight excluding hydrogens is 158 g/mol. The molecule has 0 heterocycles. The van der Waals surface area contributed by atoms with Gasteiger partial charge >= 0.3 is 0 Å². The van der Waals surface area contributed by atoms with Crippen LogP contribution in [-0.2, 0) is 6.42 Å². The number of benzene rings is 1. The highest BCUT2D eigenvalue weighted by atomic mass is 14.5. The summed E-state index contributed by atoms with van der Waals surface area (Å²) in [6, 6.07) is 8.64. The van der Waals surface area contributed by atoms with E-state index < -0.39 is 0 Å². The number of hydrogen-bond acceptors (Lipinski definition) is 1. The quantitative estimate of drug-likeness (QED) is 0.746. The maximum absolute atomic E-state index is 5.50. The van der Waals surface area contributed by atoms with Gasteiger partial charge in [-0.05, 0) is 42.5 Å². The zero-order valence-electron chi connectivity index (χ0n) is 7.79. The Kier molecular flexibility index (Phi) is 2.46. The first-order valence-corrected chi connectivity index (χ1v) is 4.89. The van der Waals surface area contributed by atoms with Gasteiger partial charge in [-0.2, -0.15) is 0 Å². The molecule has 0 bridgehead atoms. The van der Waals surface area contributed by atoms with Crippen molar-refractivity contribution in [3.05, 3.63) is 41.5 Å². The van der Waals surface area contributed by atoms with E-state index in [1.165, 1.54) is 16.7 Å². The van der Waals surface area contributed by atoms with E-state index in [4.69, 9.17) is 5.73 Å². The van der Waals surface area contributed by atoms with E-state index in [2.05, 4.69) is 30.3 Å². The van der Waals surface area contributed by atoms with Crippen molar-refractivity contribution in [3.8, 4) is 0 Å². The van der Waals surface area contributed by atoms with Crippen LogP contribution < -0.4 is 5.73 Å². The van der Waals surface area contributed by atoms with E-state index in [9.17, 15) is 0 Å². The summed E-state index contributed by atoms with van der Waals surface area (Å²) < 4.78 is 0. The van der Waals surface area contributed by atoms with Gasteiger partial charge in [0, 0.05) is 0 Å². The van der Waals surface area contributed by atoms with Crippen molar-refractivity contribution in [2.45, 2.75) is 19.3 Å². The number of fused-ring (bicyclic) bond motifs is 1. The molecule has 1 aromatic rings. The molecule has 1 aromatic carbocycles. The molecule has 0 radical (unpaired) electrons. The van der Waals surface area contributed by atoms with Crippen molar-refractivity contribution in [3.63, 3.8) is 0 Å². The maximum Gasteiger partial charge on any atom is -0.00741 e. The lowest BCUT2D eigenvalue weighted by Gasteiger charge is -2.03. The monoisotopic (exact) mass is 173 g/mol. The van der Waals surface area contributed by atoms with E-state index in [0.717, 1.165) is 25.8 Å². The van der Waals surface area contributed by atoms with Crippen LogP contribution in [0.25, 0.3) is 5.57 Å². The molecule has 1 heteroatoms. The number of rotatable bonds is 3. The minimum atomic E-state index is 0.791. The average molecular weight is 173 g/mol. The highest BCUT2D eigenvalue weighted by Gasteiger charge is 2.11. The second-order valence-corrected chi connectivity index (χ2v) is 3.48. The third-order valence-corrected chi connectivity index (χ3v) is 2.58. The molecule has 0 atom stereocenters. The molecule has 0 unspecified atom stereocenters. The summed E-state index contributed by atoms with van der Waals surface area (Å²) in [7, 11) is 0. The van der Waals surface area contributed by atoms with E-state index >= 15 is 0 Å². The molecule has 68 valence electrons. The highest BCUT2D eigenvalue weighted by molar-refractivity contribution is 5.72. The van der Waals surface area contributed by atoms with Gasteiger partial charge in [-0.15, -0.1) is 0 Å². The predicted octanol–water partition coefficient (Wildman–Crippen LogP) is 2.37. The van der Waals surface area contributed by atoms with Crippen molar-refractivity contribution in [2.24, 2.45) is 5.73 Å². The molecule has 1 aliphatic carbocycles. The van der Waals surface area contributed by atoms with Crippen LogP contribution in [0.3, 0.4) is 0 Å². The van der Waals surface area contributed by atoms with E-state index in [-0.39, 0.29) is 0 Å². The van der Waals surface area contributed by atoms with Crippen LogP contribution in [0.1, 0.15) is 24.0 Å². The van der Waals surface area contributed by atoms with Crippen molar-refractivity contribution < 1.29 is 0 Å². The van der Waals surface area contributed by atoms with Gasteiger partial charge in [-0.25, -0.2) is 0 Å². The fourth-order valence-corrected chi connectivity index (χ4v) is 1.88. The van der Waals surface area contributed by atoms with Crippen molar-refractivity contribution in [1.82, 2.24) is 0 Å². The summed E-state index contributed by atoms with van der Waals surface area (Å²) in [5.41, 5.74) is 9.89. The van der Waals surface area contributed by atoms with Crippen molar-refractivity contribution in [1.29, 1.82) is 0 Å². The summed E-state index contributed by atoms with van der Waals surface area (Å²) in [6.45, 7) is 0.791. The molecule has 0 aromatic heterocycles. The van der Waals surface area contributed by atoms with E-state index in [1.807, 2.05) is 0 Å². The average Bonchev–Trinajstić information content (AvgIpc) is 2.58. The number of allylic oxidation sites excluding steroid dienone is 2. The molecule has 13 heavy (non-hydrogen) atoms. The third kappa shape index (κ3) is 1.65. The summed E-state index contributed by atoms with van der Waals surface area (Å²) in [6.07, 6.45) is 5.67. The Morgan fingerprint density at radius 2 is 2.08 bits per heavy atom.